The molecule has 1 amide bonds. The van der Waals surface area contributed by atoms with Gasteiger partial charge in [0.1, 0.15) is 17.3 Å². The Labute approximate surface area is 140 Å². The molecule has 3 rings (SSSR count). The van der Waals surface area contributed by atoms with E-state index < -0.39 is 0 Å². The van der Waals surface area contributed by atoms with Crippen LogP contribution in [0.2, 0.25) is 0 Å². The van der Waals surface area contributed by atoms with Crippen molar-refractivity contribution in [3.05, 3.63) is 78.0 Å². The molecule has 3 aromatic rings. The molecular formula is C18H17N5O. The van der Waals surface area contributed by atoms with Gasteiger partial charge in [0.25, 0.3) is 5.91 Å². The van der Waals surface area contributed by atoms with Gasteiger partial charge in [0.15, 0.2) is 0 Å². The zero-order valence-electron chi connectivity index (χ0n) is 13.2. The summed E-state index contributed by atoms with van der Waals surface area (Å²) >= 11 is 0. The number of carbonyl (C=O) groups excluding carboxylic acids is 1. The predicted molar refractivity (Wildman–Crippen MR) is 91.9 cm³/mol. The molecule has 0 atom stereocenters. The zero-order valence-corrected chi connectivity index (χ0v) is 13.2. The normalized spacial score (nSPS) is 10.2. The van der Waals surface area contributed by atoms with Gasteiger partial charge in [-0.25, -0.2) is 9.97 Å². The molecule has 0 bridgehead atoms. The third kappa shape index (κ3) is 4.13. The zero-order chi connectivity index (χ0) is 16.8. The Bertz CT molecular complexity index is 821. The molecule has 0 aliphatic carbocycles. The van der Waals surface area contributed by atoms with Crippen molar-refractivity contribution >= 4 is 17.4 Å². The van der Waals surface area contributed by atoms with Crippen LogP contribution in [0, 0.1) is 6.92 Å². The number of hydrogen-bond donors (Lipinski definition) is 2. The first-order valence-corrected chi connectivity index (χ1v) is 7.56. The molecule has 2 aromatic heterocycles. The Kier molecular flexibility index (Phi) is 4.76. The van der Waals surface area contributed by atoms with E-state index in [1.54, 1.807) is 19.2 Å². The Morgan fingerprint density at radius 1 is 1.04 bits per heavy atom. The molecule has 0 saturated carbocycles. The standard InChI is InChI=1S/C18H17N5O/c1-13-21-16(18(24)20-12-15-9-5-6-10-19-15)11-17(22-13)23-14-7-3-2-4-8-14/h2-11H,12H2,1H3,(H,20,24)(H,21,22,23). The molecule has 2 heterocycles. The summed E-state index contributed by atoms with van der Waals surface area (Å²) in [6.45, 7) is 2.11. The third-order valence-corrected chi connectivity index (χ3v) is 3.27. The lowest BCUT2D eigenvalue weighted by Gasteiger charge is -2.09. The highest BCUT2D eigenvalue weighted by atomic mass is 16.1. The van der Waals surface area contributed by atoms with Crippen molar-refractivity contribution in [2.24, 2.45) is 0 Å². The van der Waals surface area contributed by atoms with Crippen molar-refractivity contribution in [1.29, 1.82) is 0 Å². The van der Waals surface area contributed by atoms with E-state index >= 15 is 0 Å². The van der Waals surface area contributed by atoms with Crippen LogP contribution in [0.1, 0.15) is 22.0 Å². The van der Waals surface area contributed by atoms with E-state index in [1.165, 1.54) is 0 Å². The van der Waals surface area contributed by atoms with Gasteiger partial charge in [0.05, 0.1) is 12.2 Å². The molecule has 6 heteroatoms. The van der Waals surface area contributed by atoms with Gasteiger partial charge in [-0.05, 0) is 31.2 Å². The number of rotatable bonds is 5. The van der Waals surface area contributed by atoms with E-state index in [0.717, 1.165) is 11.4 Å². The number of nitrogens with zero attached hydrogens (tertiary/aromatic N) is 3. The van der Waals surface area contributed by atoms with Gasteiger partial charge in [0, 0.05) is 18.0 Å². The first-order valence-electron chi connectivity index (χ1n) is 7.56. The number of hydrogen-bond acceptors (Lipinski definition) is 5. The summed E-state index contributed by atoms with van der Waals surface area (Å²) in [5.74, 6) is 0.845. The molecule has 0 saturated heterocycles. The summed E-state index contributed by atoms with van der Waals surface area (Å²) in [5.41, 5.74) is 2.01. The van der Waals surface area contributed by atoms with Crippen LogP contribution in [0.4, 0.5) is 11.5 Å². The molecule has 0 radical (unpaired) electrons. The van der Waals surface area contributed by atoms with Crippen LogP contribution in [0.5, 0.6) is 0 Å². The largest absolute Gasteiger partial charge is 0.345 e. The molecule has 0 fully saturated rings. The number of anilines is 2. The van der Waals surface area contributed by atoms with Crippen LogP contribution < -0.4 is 10.6 Å². The Balaban J connectivity index is 1.72. The van der Waals surface area contributed by atoms with E-state index in [-0.39, 0.29) is 5.91 Å². The first-order chi connectivity index (χ1) is 11.7. The highest BCUT2D eigenvalue weighted by Gasteiger charge is 2.10. The quantitative estimate of drug-likeness (QED) is 0.756. The van der Waals surface area contributed by atoms with E-state index in [9.17, 15) is 4.79 Å². The molecule has 120 valence electrons. The lowest BCUT2D eigenvalue weighted by atomic mass is 10.3. The summed E-state index contributed by atoms with van der Waals surface area (Å²) in [4.78, 5) is 25.0. The second-order valence-corrected chi connectivity index (χ2v) is 5.18. The van der Waals surface area contributed by atoms with Crippen LogP contribution in [0.3, 0.4) is 0 Å². The SMILES string of the molecule is Cc1nc(Nc2ccccc2)cc(C(=O)NCc2ccccn2)n1. The highest BCUT2D eigenvalue weighted by molar-refractivity contribution is 5.93. The minimum Gasteiger partial charge on any atom is -0.345 e. The van der Waals surface area contributed by atoms with Crippen LogP contribution in [-0.4, -0.2) is 20.9 Å². The maximum absolute atomic E-state index is 12.3. The van der Waals surface area contributed by atoms with Crippen molar-refractivity contribution in [2.45, 2.75) is 13.5 Å². The van der Waals surface area contributed by atoms with Crippen molar-refractivity contribution in [3.63, 3.8) is 0 Å². The van der Waals surface area contributed by atoms with Crippen LogP contribution >= 0.6 is 0 Å². The monoisotopic (exact) mass is 319 g/mol. The van der Waals surface area contributed by atoms with Gasteiger partial charge < -0.3 is 10.6 Å². The van der Waals surface area contributed by atoms with Gasteiger partial charge in [-0.1, -0.05) is 24.3 Å². The molecule has 2 N–H and O–H groups in total. The fourth-order valence-electron chi connectivity index (χ4n) is 2.18. The molecule has 0 aliphatic rings. The number of aryl methyl sites for hydroxylation is 1. The minimum atomic E-state index is -0.262. The lowest BCUT2D eigenvalue weighted by molar-refractivity contribution is 0.0945. The molecule has 6 nitrogen and oxygen atoms in total. The average Bonchev–Trinajstić information content (AvgIpc) is 2.61. The van der Waals surface area contributed by atoms with Gasteiger partial charge in [-0.3, -0.25) is 9.78 Å². The number of pyridine rings is 1. The van der Waals surface area contributed by atoms with Crippen molar-refractivity contribution < 1.29 is 4.79 Å². The predicted octanol–water partition coefficient (Wildman–Crippen LogP) is 2.85. The molecule has 0 spiro atoms. The Morgan fingerprint density at radius 2 is 1.83 bits per heavy atom. The Morgan fingerprint density at radius 3 is 2.58 bits per heavy atom. The number of benzene rings is 1. The van der Waals surface area contributed by atoms with E-state index in [1.807, 2.05) is 48.5 Å². The van der Waals surface area contributed by atoms with Gasteiger partial charge >= 0.3 is 0 Å². The van der Waals surface area contributed by atoms with Crippen molar-refractivity contribution in [3.8, 4) is 0 Å². The Hall–Kier alpha value is -3.28. The van der Waals surface area contributed by atoms with Crippen molar-refractivity contribution in [2.75, 3.05) is 5.32 Å². The molecule has 0 unspecified atom stereocenters. The fourth-order valence-corrected chi connectivity index (χ4v) is 2.18. The summed E-state index contributed by atoms with van der Waals surface area (Å²) in [7, 11) is 0. The molecule has 24 heavy (non-hydrogen) atoms. The fraction of sp³-hybridized carbons (Fsp3) is 0.111. The van der Waals surface area contributed by atoms with E-state index in [4.69, 9.17) is 0 Å². The maximum atomic E-state index is 12.3. The summed E-state index contributed by atoms with van der Waals surface area (Å²) in [6, 6.07) is 16.9. The number of amides is 1. The molecule has 0 aliphatic heterocycles. The van der Waals surface area contributed by atoms with E-state index in [2.05, 4.69) is 25.6 Å². The lowest BCUT2D eigenvalue weighted by Crippen LogP contribution is -2.24. The number of nitrogens with one attached hydrogen (secondary N) is 2. The second kappa shape index (κ2) is 7.32. The number of para-hydroxylation sites is 1. The average molecular weight is 319 g/mol. The van der Waals surface area contributed by atoms with E-state index in [0.29, 0.717) is 23.9 Å². The van der Waals surface area contributed by atoms with Crippen LogP contribution in [0.15, 0.2) is 60.8 Å². The van der Waals surface area contributed by atoms with Crippen LogP contribution in [-0.2, 0) is 6.54 Å². The highest BCUT2D eigenvalue weighted by Crippen LogP contribution is 2.15. The number of aromatic nitrogens is 3. The maximum Gasteiger partial charge on any atom is 0.270 e. The van der Waals surface area contributed by atoms with Gasteiger partial charge in [-0.15, -0.1) is 0 Å². The van der Waals surface area contributed by atoms with Gasteiger partial charge in [-0.2, -0.15) is 0 Å². The summed E-state index contributed by atoms with van der Waals surface area (Å²) < 4.78 is 0. The topological polar surface area (TPSA) is 79.8 Å². The third-order valence-electron chi connectivity index (χ3n) is 3.27. The second-order valence-electron chi connectivity index (χ2n) is 5.18. The summed E-state index contributed by atoms with van der Waals surface area (Å²) in [6.07, 6.45) is 1.69. The van der Waals surface area contributed by atoms with Gasteiger partial charge in [0.2, 0.25) is 0 Å². The molecular weight excluding hydrogens is 302 g/mol. The molecule has 1 aromatic carbocycles. The van der Waals surface area contributed by atoms with Crippen molar-refractivity contribution in [1.82, 2.24) is 20.3 Å². The smallest absolute Gasteiger partial charge is 0.270 e. The van der Waals surface area contributed by atoms with Crippen LogP contribution in [0.25, 0.3) is 0 Å². The number of carbonyl (C=O) groups is 1. The minimum absolute atomic E-state index is 0.262. The summed E-state index contributed by atoms with van der Waals surface area (Å²) in [5, 5.41) is 5.98. The first kappa shape index (κ1) is 15.6.